The van der Waals surface area contributed by atoms with Crippen LogP contribution in [-0.4, -0.2) is 11.5 Å². The van der Waals surface area contributed by atoms with E-state index in [1.807, 2.05) is 42.5 Å². The lowest BCUT2D eigenvalue weighted by atomic mass is 9.64. The summed E-state index contributed by atoms with van der Waals surface area (Å²) in [5.74, 6) is 0.231. The van der Waals surface area contributed by atoms with Crippen molar-refractivity contribution >= 4 is 34.9 Å². The minimum absolute atomic E-state index is 0.115. The van der Waals surface area contributed by atoms with E-state index in [0.717, 1.165) is 28.5 Å². The maximum atomic E-state index is 13.2. The minimum atomic E-state index is -0.366. The molecule has 4 rings (SSSR count). The SMILES string of the molecule is CC1(C)CC(=O)C2C(=NC(SCc3ccccc3)=C(C#N)C2c2ccc(Cl)cc2)C1. The van der Waals surface area contributed by atoms with Crippen molar-refractivity contribution in [3.05, 3.63) is 81.3 Å². The molecule has 1 fully saturated rings. The lowest BCUT2D eigenvalue weighted by Gasteiger charge is -2.40. The molecular formula is C25H23ClN2OS. The topological polar surface area (TPSA) is 53.2 Å². The van der Waals surface area contributed by atoms with Gasteiger partial charge in [-0.15, -0.1) is 11.8 Å². The van der Waals surface area contributed by atoms with Crippen molar-refractivity contribution in [2.24, 2.45) is 16.3 Å². The van der Waals surface area contributed by atoms with Crippen LogP contribution >= 0.6 is 23.4 Å². The van der Waals surface area contributed by atoms with Gasteiger partial charge in [-0.1, -0.05) is 67.9 Å². The zero-order valence-electron chi connectivity index (χ0n) is 17.1. The van der Waals surface area contributed by atoms with Gasteiger partial charge in [0.25, 0.3) is 0 Å². The summed E-state index contributed by atoms with van der Waals surface area (Å²) in [6.07, 6.45) is 1.27. The molecule has 2 aliphatic rings. The van der Waals surface area contributed by atoms with Gasteiger partial charge in [-0.25, -0.2) is 4.99 Å². The summed E-state index contributed by atoms with van der Waals surface area (Å²) in [4.78, 5) is 18.1. The summed E-state index contributed by atoms with van der Waals surface area (Å²) in [6.45, 7) is 4.22. The lowest BCUT2D eigenvalue weighted by molar-refractivity contribution is -0.124. The van der Waals surface area contributed by atoms with E-state index in [9.17, 15) is 10.1 Å². The summed E-state index contributed by atoms with van der Waals surface area (Å²) < 4.78 is 0. The van der Waals surface area contributed by atoms with E-state index in [2.05, 4.69) is 32.0 Å². The molecule has 0 radical (unpaired) electrons. The minimum Gasteiger partial charge on any atom is -0.299 e. The molecule has 1 aliphatic heterocycles. The third-order valence-corrected chi connectivity index (χ3v) is 7.02. The van der Waals surface area contributed by atoms with Crippen molar-refractivity contribution < 1.29 is 4.79 Å². The molecule has 1 aliphatic carbocycles. The molecule has 0 saturated heterocycles. The Kier molecular flexibility index (Phi) is 5.86. The Labute approximate surface area is 186 Å². The van der Waals surface area contributed by atoms with Crippen LogP contribution in [0.25, 0.3) is 0 Å². The fraction of sp³-hybridized carbons (Fsp3) is 0.320. The van der Waals surface area contributed by atoms with Crippen molar-refractivity contribution in [1.82, 2.24) is 0 Å². The van der Waals surface area contributed by atoms with Gasteiger partial charge >= 0.3 is 0 Å². The predicted octanol–water partition coefficient (Wildman–Crippen LogP) is 6.55. The fourth-order valence-electron chi connectivity index (χ4n) is 4.39. The molecule has 0 spiro atoms. The first-order chi connectivity index (χ1) is 14.4. The number of halogens is 1. The summed E-state index contributed by atoms with van der Waals surface area (Å²) in [5.41, 5.74) is 3.50. The third-order valence-electron chi connectivity index (χ3n) is 5.71. The van der Waals surface area contributed by atoms with Crippen LogP contribution in [0.5, 0.6) is 0 Å². The summed E-state index contributed by atoms with van der Waals surface area (Å²) in [5, 5.41) is 11.5. The van der Waals surface area contributed by atoms with Crippen LogP contribution in [0.4, 0.5) is 0 Å². The highest BCUT2D eigenvalue weighted by Gasteiger charge is 2.46. The van der Waals surface area contributed by atoms with Gasteiger partial charge < -0.3 is 0 Å². The van der Waals surface area contributed by atoms with Gasteiger partial charge in [-0.3, -0.25) is 4.79 Å². The van der Waals surface area contributed by atoms with Gasteiger partial charge in [-0.05, 0) is 35.1 Å². The highest BCUT2D eigenvalue weighted by Crippen LogP contribution is 2.48. The second-order valence-electron chi connectivity index (χ2n) is 8.70. The maximum Gasteiger partial charge on any atom is 0.143 e. The third kappa shape index (κ3) is 4.24. The second-order valence-corrected chi connectivity index (χ2v) is 10.1. The molecule has 30 heavy (non-hydrogen) atoms. The van der Waals surface area contributed by atoms with E-state index < -0.39 is 0 Å². The fourth-order valence-corrected chi connectivity index (χ4v) is 5.52. The number of hydrogen-bond acceptors (Lipinski definition) is 4. The van der Waals surface area contributed by atoms with Crippen molar-refractivity contribution in [2.75, 3.05) is 0 Å². The van der Waals surface area contributed by atoms with Crippen LogP contribution in [0.1, 0.15) is 43.7 Å². The number of fused-ring (bicyclic) bond motifs is 1. The number of allylic oxidation sites excluding steroid dienone is 1. The number of thioether (sulfide) groups is 1. The Morgan fingerprint density at radius 1 is 1.10 bits per heavy atom. The van der Waals surface area contributed by atoms with E-state index >= 15 is 0 Å². The monoisotopic (exact) mass is 434 g/mol. The van der Waals surface area contributed by atoms with Crippen molar-refractivity contribution in [1.29, 1.82) is 5.26 Å². The van der Waals surface area contributed by atoms with Crippen LogP contribution in [-0.2, 0) is 10.5 Å². The Morgan fingerprint density at radius 2 is 1.80 bits per heavy atom. The molecule has 2 unspecified atom stereocenters. The summed E-state index contributed by atoms with van der Waals surface area (Å²) >= 11 is 7.67. The lowest BCUT2D eigenvalue weighted by Crippen LogP contribution is -2.42. The van der Waals surface area contributed by atoms with Crippen molar-refractivity contribution in [2.45, 2.75) is 38.4 Å². The molecule has 0 aromatic heterocycles. The molecule has 3 nitrogen and oxygen atoms in total. The average Bonchev–Trinajstić information content (AvgIpc) is 2.71. The van der Waals surface area contributed by atoms with Gasteiger partial charge in [0.15, 0.2) is 0 Å². The smallest absolute Gasteiger partial charge is 0.143 e. The molecule has 2 aromatic rings. The zero-order valence-corrected chi connectivity index (χ0v) is 18.6. The van der Waals surface area contributed by atoms with Gasteiger partial charge in [0.1, 0.15) is 10.8 Å². The van der Waals surface area contributed by atoms with Gasteiger partial charge in [0.05, 0.1) is 17.6 Å². The molecule has 2 aromatic carbocycles. The molecule has 0 N–H and O–H groups in total. The number of nitriles is 1. The number of rotatable bonds is 4. The molecule has 1 saturated carbocycles. The van der Waals surface area contributed by atoms with Gasteiger partial charge in [-0.2, -0.15) is 5.26 Å². The molecule has 1 heterocycles. The Hall–Kier alpha value is -2.35. The molecule has 0 bridgehead atoms. The first-order valence-electron chi connectivity index (χ1n) is 10.0. The largest absolute Gasteiger partial charge is 0.299 e. The molecule has 152 valence electrons. The molecule has 0 amide bonds. The maximum absolute atomic E-state index is 13.2. The van der Waals surface area contributed by atoms with Gasteiger partial charge in [0.2, 0.25) is 0 Å². The second kappa shape index (κ2) is 8.41. The Bertz CT molecular complexity index is 1060. The number of Topliss-reactive ketones (excluding diaryl/α,β-unsaturated/α-hetero) is 1. The van der Waals surface area contributed by atoms with Gasteiger partial charge in [0, 0.05) is 28.8 Å². The Morgan fingerprint density at radius 3 is 2.47 bits per heavy atom. The number of hydrogen-bond donors (Lipinski definition) is 0. The number of nitrogens with zero attached hydrogens (tertiary/aromatic N) is 2. The number of carbonyl (C=O) groups is 1. The van der Waals surface area contributed by atoms with Crippen molar-refractivity contribution in [3.8, 4) is 6.07 Å². The summed E-state index contributed by atoms with van der Waals surface area (Å²) in [7, 11) is 0. The molecule has 2 atom stereocenters. The number of ketones is 1. The van der Waals surface area contributed by atoms with E-state index in [-0.39, 0.29) is 23.0 Å². The average molecular weight is 435 g/mol. The number of aliphatic imine (C=N–C) groups is 1. The molecular weight excluding hydrogens is 412 g/mol. The van der Waals surface area contributed by atoms with E-state index in [0.29, 0.717) is 17.0 Å². The quantitative estimate of drug-likeness (QED) is 0.548. The van der Waals surface area contributed by atoms with Crippen LogP contribution in [0, 0.1) is 22.7 Å². The Balaban J connectivity index is 1.78. The van der Waals surface area contributed by atoms with Crippen LogP contribution in [0.2, 0.25) is 5.02 Å². The standard InChI is InChI=1S/C25H23ClN2OS/c1-25(2)12-20-23(21(29)13-25)22(17-8-10-18(26)11-9-17)19(14-27)24(28-20)30-15-16-6-4-3-5-7-16/h3-11,22-23H,12-13,15H2,1-2H3. The predicted molar refractivity (Wildman–Crippen MR) is 124 cm³/mol. The van der Waals surface area contributed by atoms with Crippen LogP contribution < -0.4 is 0 Å². The first kappa shape index (κ1) is 20.9. The number of carbonyl (C=O) groups excluding carboxylic acids is 1. The highest BCUT2D eigenvalue weighted by molar-refractivity contribution is 8.02. The van der Waals surface area contributed by atoms with E-state index in [4.69, 9.17) is 16.6 Å². The number of benzene rings is 2. The molecule has 5 heteroatoms. The normalized spacial score (nSPS) is 22.9. The van der Waals surface area contributed by atoms with Crippen LogP contribution in [0.3, 0.4) is 0 Å². The van der Waals surface area contributed by atoms with Crippen LogP contribution in [0.15, 0.2) is 70.2 Å². The van der Waals surface area contributed by atoms with E-state index in [1.54, 1.807) is 11.8 Å². The van der Waals surface area contributed by atoms with Crippen molar-refractivity contribution in [3.63, 3.8) is 0 Å². The zero-order chi connectivity index (χ0) is 21.3. The van der Waals surface area contributed by atoms with E-state index in [1.165, 1.54) is 5.56 Å². The first-order valence-corrected chi connectivity index (χ1v) is 11.4. The summed E-state index contributed by atoms with van der Waals surface area (Å²) in [6, 6.07) is 20.1. The highest BCUT2D eigenvalue weighted by atomic mass is 35.5.